The van der Waals surface area contributed by atoms with Gasteiger partial charge in [0.1, 0.15) is 0 Å². The lowest BCUT2D eigenvalue weighted by Gasteiger charge is -2.37. The van der Waals surface area contributed by atoms with Gasteiger partial charge in [0.2, 0.25) is 0 Å². The third kappa shape index (κ3) is 5.38. The first-order valence-corrected chi connectivity index (χ1v) is 11.9. The van der Waals surface area contributed by atoms with Crippen LogP contribution in [0.4, 0.5) is 0 Å². The molecule has 0 heterocycles. The standard InChI is InChI=1S/C28H38O/c1-3-5-7-12-19-28(20-13-8-6-4-2)21-18-25-22-24(16-17-26(25)27(28)29)23-14-10-9-11-15-23/h9-11,14-17,22H,3-8,12-13,18-21H2,1-2H3. The molecule has 0 saturated heterocycles. The number of aryl methyl sites for hydroxylation is 1. The first-order chi connectivity index (χ1) is 14.2. The highest BCUT2D eigenvalue weighted by Gasteiger charge is 2.41. The zero-order chi connectivity index (χ0) is 20.5. The number of carbonyl (C=O) groups excluding carboxylic acids is 1. The van der Waals surface area contributed by atoms with E-state index in [0.717, 1.165) is 31.2 Å². The highest BCUT2D eigenvalue weighted by molar-refractivity contribution is 6.03. The van der Waals surface area contributed by atoms with E-state index in [-0.39, 0.29) is 5.41 Å². The smallest absolute Gasteiger partial charge is 0.169 e. The van der Waals surface area contributed by atoms with Crippen LogP contribution in [0.15, 0.2) is 48.5 Å². The molecule has 2 aromatic rings. The summed E-state index contributed by atoms with van der Waals surface area (Å²) in [6, 6.07) is 17.0. The van der Waals surface area contributed by atoms with E-state index in [4.69, 9.17) is 0 Å². The molecule has 1 aliphatic rings. The summed E-state index contributed by atoms with van der Waals surface area (Å²) in [5, 5.41) is 0. The summed E-state index contributed by atoms with van der Waals surface area (Å²) in [5.74, 6) is 0.436. The molecule has 0 atom stereocenters. The number of hydrogen-bond donors (Lipinski definition) is 0. The van der Waals surface area contributed by atoms with E-state index in [2.05, 4.69) is 62.4 Å². The van der Waals surface area contributed by atoms with Crippen molar-refractivity contribution in [1.29, 1.82) is 0 Å². The Kier molecular flexibility index (Phi) is 8.09. The van der Waals surface area contributed by atoms with Crippen LogP contribution >= 0.6 is 0 Å². The van der Waals surface area contributed by atoms with Crippen LogP contribution in [-0.2, 0) is 6.42 Å². The van der Waals surface area contributed by atoms with E-state index in [1.54, 1.807) is 0 Å². The van der Waals surface area contributed by atoms with E-state index < -0.39 is 0 Å². The Labute approximate surface area is 177 Å². The number of rotatable bonds is 11. The molecule has 1 heteroatoms. The Morgan fingerprint density at radius 3 is 2.03 bits per heavy atom. The third-order valence-electron chi connectivity index (χ3n) is 6.83. The molecule has 1 aliphatic carbocycles. The van der Waals surface area contributed by atoms with Gasteiger partial charge in [-0.05, 0) is 42.4 Å². The summed E-state index contributed by atoms with van der Waals surface area (Å²) in [6.07, 6.45) is 14.3. The van der Waals surface area contributed by atoms with E-state index in [1.165, 1.54) is 68.1 Å². The summed E-state index contributed by atoms with van der Waals surface area (Å²) in [6.45, 7) is 4.51. The first-order valence-electron chi connectivity index (χ1n) is 11.9. The van der Waals surface area contributed by atoms with Gasteiger partial charge in [0.25, 0.3) is 0 Å². The summed E-state index contributed by atoms with van der Waals surface area (Å²) in [5.41, 5.74) is 4.62. The highest BCUT2D eigenvalue weighted by Crippen LogP contribution is 2.44. The van der Waals surface area contributed by atoms with Crippen LogP contribution in [-0.4, -0.2) is 5.78 Å². The zero-order valence-corrected chi connectivity index (χ0v) is 18.5. The Bertz CT molecular complexity index is 762. The number of hydrogen-bond acceptors (Lipinski definition) is 1. The maximum absolute atomic E-state index is 13.7. The molecule has 0 amide bonds. The number of fused-ring (bicyclic) bond motifs is 1. The molecule has 0 fully saturated rings. The van der Waals surface area contributed by atoms with Crippen LogP contribution in [0.25, 0.3) is 11.1 Å². The molecule has 3 rings (SSSR count). The topological polar surface area (TPSA) is 17.1 Å². The van der Waals surface area contributed by atoms with Crippen LogP contribution in [0, 0.1) is 5.41 Å². The van der Waals surface area contributed by atoms with Crippen molar-refractivity contribution in [3.8, 4) is 11.1 Å². The van der Waals surface area contributed by atoms with Crippen molar-refractivity contribution in [3.63, 3.8) is 0 Å². The van der Waals surface area contributed by atoms with Crippen LogP contribution in [0.3, 0.4) is 0 Å². The van der Waals surface area contributed by atoms with Crippen molar-refractivity contribution >= 4 is 5.78 Å². The van der Waals surface area contributed by atoms with Gasteiger partial charge in [-0.25, -0.2) is 0 Å². The maximum Gasteiger partial charge on any atom is 0.169 e. The molecule has 0 N–H and O–H groups in total. The van der Waals surface area contributed by atoms with Crippen molar-refractivity contribution in [2.24, 2.45) is 5.41 Å². The molecule has 0 radical (unpaired) electrons. The molecule has 29 heavy (non-hydrogen) atoms. The molecular formula is C28H38O. The van der Waals surface area contributed by atoms with Crippen molar-refractivity contribution in [3.05, 3.63) is 59.7 Å². The van der Waals surface area contributed by atoms with Crippen LogP contribution < -0.4 is 0 Å². The lowest BCUT2D eigenvalue weighted by Crippen LogP contribution is -2.36. The molecule has 0 aliphatic heterocycles. The third-order valence-corrected chi connectivity index (χ3v) is 6.83. The molecule has 1 nitrogen and oxygen atoms in total. The Balaban J connectivity index is 1.80. The lowest BCUT2D eigenvalue weighted by molar-refractivity contribution is 0.0705. The van der Waals surface area contributed by atoms with Gasteiger partial charge < -0.3 is 0 Å². The highest BCUT2D eigenvalue weighted by atomic mass is 16.1. The van der Waals surface area contributed by atoms with Crippen molar-refractivity contribution in [2.75, 3.05) is 0 Å². The van der Waals surface area contributed by atoms with Gasteiger partial charge in [-0.3, -0.25) is 4.79 Å². The predicted octanol–water partition coefficient (Wildman–Crippen LogP) is 8.41. The molecule has 2 aromatic carbocycles. The van der Waals surface area contributed by atoms with Crippen molar-refractivity contribution in [1.82, 2.24) is 0 Å². The largest absolute Gasteiger partial charge is 0.294 e. The molecule has 0 unspecified atom stereocenters. The van der Waals surface area contributed by atoms with E-state index in [9.17, 15) is 4.79 Å². The number of carbonyl (C=O) groups is 1. The fourth-order valence-electron chi connectivity index (χ4n) is 4.99. The summed E-state index contributed by atoms with van der Waals surface area (Å²) in [4.78, 5) is 13.7. The molecule has 0 bridgehead atoms. The maximum atomic E-state index is 13.7. The van der Waals surface area contributed by atoms with Gasteiger partial charge in [0, 0.05) is 11.0 Å². The number of Topliss-reactive ketones (excluding diaryl/α,β-unsaturated/α-hetero) is 1. The molecule has 156 valence electrons. The van der Waals surface area contributed by atoms with Gasteiger partial charge in [-0.1, -0.05) is 114 Å². The first kappa shape index (κ1) is 21.8. The van der Waals surface area contributed by atoms with Gasteiger partial charge in [0.15, 0.2) is 5.78 Å². The summed E-state index contributed by atoms with van der Waals surface area (Å²) in [7, 11) is 0. The van der Waals surface area contributed by atoms with Crippen LogP contribution in [0.2, 0.25) is 0 Å². The second-order valence-electron chi connectivity index (χ2n) is 8.97. The monoisotopic (exact) mass is 390 g/mol. The second kappa shape index (κ2) is 10.8. The number of unbranched alkanes of at least 4 members (excludes halogenated alkanes) is 6. The lowest BCUT2D eigenvalue weighted by atomic mass is 9.65. The van der Waals surface area contributed by atoms with Gasteiger partial charge in [0.05, 0.1) is 0 Å². The minimum absolute atomic E-state index is 0.108. The Hall–Kier alpha value is -1.89. The van der Waals surface area contributed by atoms with Gasteiger partial charge in [-0.15, -0.1) is 0 Å². The average molecular weight is 391 g/mol. The second-order valence-corrected chi connectivity index (χ2v) is 8.97. The van der Waals surface area contributed by atoms with E-state index in [1.807, 2.05) is 0 Å². The predicted molar refractivity (Wildman–Crippen MR) is 124 cm³/mol. The zero-order valence-electron chi connectivity index (χ0n) is 18.5. The fourth-order valence-corrected chi connectivity index (χ4v) is 4.99. The van der Waals surface area contributed by atoms with E-state index >= 15 is 0 Å². The summed E-state index contributed by atoms with van der Waals surface area (Å²) >= 11 is 0. The van der Waals surface area contributed by atoms with Gasteiger partial charge in [-0.2, -0.15) is 0 Å². The molecule has 0 aromatic heterocycles. The molecule has 0 saturated carbocycles. The fraction of sp³-hybridized carbons (Fsp3) is 0.536. The van der Waals surface area contributed by atoms with E-state index in [0.29, 0.717) is 5.78 Å². The normalized spacial score (nSPS) is 15.3. The SMILES string of the molecule is CCCCCCC1(CCCCCC)CCc2cc(-c3ccccc3)ccc2C1=O. The molecular weight excluding hydrogens is 352 g/mol. The average Bonchev–Trinajstić information content (AvgIpc) is 2.77. The quantitative estimate of drug-likeness (QED) is 0.352. The molecule has 0 spiro atoms. The minimum atomic E-state index is -0.108. The van der Waals surface area contributed by atoms with Gasteiger partial charge >= 0.3 is 0 Å². The number of ketones is 1. The summed E-state index contributed by atoms with van der Waals surface area (Å²) < 4.78 is 0. The van der Waals surface area contributed by atoms with Crippen molar-refractivity contribution in [2.45, 2.75) is 90.9 Å². The van der Waals surface area contributed by atoms with Crippen molar-refractivity contribution < 1.29 is 4.79 Å². The number of benzene rings is 2. The Morgan fingerprint density at radius 1 is 0.759 bits per heavy atom. The Morgan fingerprint density at radius 2 is 1.41 bits per heavy atom. The van der Waals surface area contributed by atoms with Crippen LogP contribution in [0.5, 0.6) is 0 Å². The van der Waals surface area contributed by atoms with Crippen LogP contribution in [0.1, 0.15) is 100 Å². The minimum Gasteiger partial charge on any atom is -0.294 e.